The van der Waals surface area contributed by atoms with Crippen molar-refractivity contribution < 1.29 is 0 Å². The number of hydrogen-bond donors (Lipinski definition) is 1. The van der Waals surface area contributed by atoms with E-state index in [-0.39, 0.29) is 0 Å². The Hall–Kier alpha value is -1.09. The Morgan fingerprint density at radius 3 is 3.18 bits per heavy atom. The predicted octanol–water partition coefficient (Wildman–Crippen LogP) is 3.05. The first-order valence-electron chi connectivity index (χ1n) is 6.68. The lowest BCUT2D eigenvalue weighted by Gasteiger charge is -2.29. The SMILES string of the molecule is C/C=C/CCn1cncc1C1CCCC(C)N1. The van der Waals surface area contributed by atoms with E-state index in [1.165, 1.54) is 25.0 Å². The zero-order chi connectivity index (χ0) is 12.1. The van der Waals surface area contributed by atoms with Crippen molar-refractivity contribution in [1.29, 1.82) is 0 Å². The third-order valence-electron chi connectivity index (χ3n) is 3.49. The number of piperidine rings is 1. The van der Waals surface area contributed by atoms with Crippen LogP contribution in [0.4, 0.5) is 0 Å². The third kappa shape index (κ3) is 3.19. The standard InChI is InChI=1S/C14H23N3/c1-3-4-5-9-17-11-15-10-14(17)13-8-6-7-12(2)16-13/h3-4,10-13,16H,5-9H2,1-2H3/b4-3+. The minimum absolute atomic E-state index is 0.492. The summed E-state index contributed by atoms with van der Waals surface area (Å²) in [4.78, 5) is 4.30. The molecule has 1 N–H and O–H groups in total. The van der Waals surface area contributed by atoms with Crippen molar-refractivity contribution in [2.45, 2.75) is 58.2 Å². The monoisotopic (exact) mass is 233 g/mol. The smallest absolute Gasteiger partial charge is 0.0948 e. The highest BCUT2D eigenvalue weighted by atomic mass is 15.1. The molecule has 17 heavy (non-hydrogen) atoms. The maximum Gasteiger partial charge on any atom is 0.0948 e. The fourth-order valence-electron chi connectivity index (χ4n) is 2.56. The van der Waals surface area contributed by atoms with E-state index in [1.807, 2.05) is 12.5 Å². The van der Waals surface area contributed by atoms with Crippen LogP contribution in [-0.4, -0.2) is 15.6 Å². The first kappa shape index (κ1) is 12.4. The van der Waals surface area contributed by atoms with E-state index >= 15 is 0 Å². The van der Waals surface area contributed by atoms with Gasteiger partial charge in [-0.15, -0.1) is 0 Å². The highest BCUT2D eigenvalue weighted by Crippen LogP contribution is 2.25. The van der Waals surface area contributed by atoms with Crippen LogP contribution in [0.5, 0.6) is 0 Å². The highest BCUT2D eigenvalue weighted by Gasteiger charge is 2.21. The maximum atomic E-state index is 4.30. The lowest BCUT2D eigenvalue weighted by atomic mass is 9.97. The van der Waals surface area contributed by atoms with Gasteiger partial charge in [-0.2, -0.15) is 0 Å². The number of rotatable bonds is 4. The van der Waals surface area contributed by atoms with E-state index in [0.29, 0.717) is 12.1 Å². The summed E-state index contributed by atoms with van der Waals surface area (Å²) in [6.07, 6.45) is 13.2. The van der Waals surface area contributed by atoms with Gasteiger partial charge in [0.05, 0.1) is 12.0 Å². The van der Waals surface area contributed by atoms with E-state index in [2.05, 4.69) is 40.9 Å². The summed E-state index contributed by atoms with van der Waals surface area (Å²) in [6.45, 7) is 5.37. The van der Waals surface area contributed by atoms with Crippen molar-refractivity contribution in [3.63, 3.8) is 0 Å². The number of aryl methyl sites for hydroxylation is 1. The van der Waals surface area contributed by atoms with E-state index in [1.54, 1.807) is 0 Å². The summed E-state index contributed by atoms with van der Waals surface area (Å²) >= 11 is 0. The highest BCUT2D eigenvalue weighted by molar-refractivity contribution is 5.07. The number of hydrogen-bond acceptors (Lipinski definition) is 2. The second kappa shape index (κ2) is 6.01. The minimum atomic E-state index is 0.492. The molecule has 0 spiro atoms. The molecule has 1 fully saturated rings. The summed E-state index contributed by atoms with van der Waals surface area (Å²) in [7, 11) is 0. The van der Waals surface area contributed by atoms with Gasteiger partial charge in [-0.3, -0.25) is 0 Å². The molecule has 1 aliphatic rings. The molecule has 0 amide bonds. The van der Waals surface area contributed by atoms with E-state index in [9.17, 15) is 0 Å². The molecular formula is C14H23N3. The zero-order valence-corrected chi connectivity index (χ0v) is 10.9. The van der Waals surface area contributed by atoms with Gasteiger partial charge in [0, 0.05) is 24.8 Å². The average molecular weight is 233 g/mol. The van der Waals surface area contributed by atoms with Gasteiger partial charge >= 0.3 is 0 Å². The molecule has 2 unspecified atom stereocenters. The van der Waals surface area contributed by atoms with E-state index < -0.39 is 0 Å². The van der Waals surface area contributed by atoms with Gasteiger partial charge in [0.2, 0.25) is 0 Å². The maximum absolute atomic E-state index is 4.30. The van der Waals surface area contributed by atoms with Gasteiger partial charge in [0.25, 0.3) is 0 Å². The van der Waals surface area contributed by atoms with Crippen LogP contribution in [0.1, 0.15) is 51.3 Å². The van der Waals surface area contributed by atoms with E-state index in [0.717, 1.165) is 13.0 Å². The summed E-state index contributed by atoms with van der Waals surface area (Å²) in [5.74, 6) is 0. The van der Waals surface area contributed by atoms with Crippen molar-refractivity contribution in [1.82, 2.24) is 14.9 Å². The van der Waals surface area contributed by atoms with Crippen molar-refractivity contribution >= 4 is 0 Å². The van der Waals surface area contributed by atoms with Gasteiger partial charge in [-0.1, -0.05) is 12.2 Å². The van der Waals surface area contributed by atoms with Crippen LogP contribution >= 0.6 is 0 Å². The molecule has 3 heteroatoms. The molecule has 0 saturated carbocycles. The first-order valence-corrected chi connectivity index (χ1v) is 6.68. The Kier molecular flexibility index (Phi) is 4.37. The topological polar surface area (TPSA) is 29.9 Å². The summed E-state index contributed by atoms with van der Waals surface area (Å²) in [5.41, 5.74) is 1.35. The largest absolute Gasteiger partial charge is 0.333 e. The molecule has 1 aromatic heterocycles. The van der Waals surface area contributed by atoms with Gasteiger partial charge in [-0.05, 0) is 39.5 Å². The fourth-order valence-corrected chi connectivity index (χ4v) is 2.56. The normalized spacial score (nSPS) is 25.5. The van der Waals surface area contributed by atoms with Crippen LogP contribution < -0.4 is 5.32 Å². The van der Waals surface area contributed by atoms with Crippen molar-refractivity contribution in [3.8, 4) is 0 Å². The molecule has 0 aromatic carbocycles. The molecule has 2 heterocycles. The molecule has 0 aliphatic carbocycles. The van der Waals surface area contributed by atoms with Crippen LogP contribution in [0.2, 0.25) is 0 Å². The zero-order valence-electron chi connectivity index (χ0n) is 10.9. The predicted molar refractivity (Wildman–Crippen MR) is 70.8 cm³/mol. The molecule has 1 aliphatic heterocycles. The second-order valence-electron chi connectivity index (χ2n) is 4.92. The number of allylic oxidation sites excluding steroid dienone is 2. The Morgan fingerprint density at radius 1 is 1.53 bits per heavy atom. The van der Waals surface area contributed by atoms with Crippen LogP contribution in [0.3, 0.4) is 0 Å². The Labute approximate surface area is 104 Å². The van der Waals surface area contributed by atoms with Gasteiger partial charge < -0.3 is 9.88 Å². The van der Waals surface area contributed by atoms with Crippen molar-refractivity contribution in [3.05, 3.63) is 30.4 Å². The number of imidazole rings is 1. The minimum Gasteiger partial charge on any atom is -0.333 e. The quantitative estimate of drug-likeness (QED) is 0.810. The molecule has 1 aromatic rings. The lowest BCUT2D eigenvalue weighted by molar-refractivity contribution is 0.329. The van der Waals surface area contributed by atoms with Crippen LogP contribution in [-0.2, 0) is 6.54 Å². The molecule has 2 atom stereocenters. The van der Waals surface area contributed by atoms with Crippen molar-refractivity contribution in [2.24, 2.45) is 0 Å². The fraction of sp³-hybridized carbons (Fsp3) is 0.643. The Morgan fingerprint density at radius 2 is 2.41 bits per heavy atom. The number of nitrogens with one attached hydrogen (secondary N) is 1. The van der Waals surface area contributed by atoms with Crippen molar-refractivity contribution in [2.75, 3.05) is 0 Å². The van der Waals surface area contributed by atoms with Gasteiger partial charge in [0.1, 0.15) is 0 Å². The number of nitrogens with zero attached hydrogens (tertiary/aromatic N) is 2. The van der Waals surface area contributed by atoms with Crippen LogP contribution in [0, 0.1) is 0 Å². The summed E-state index contributed by atoms with van der Waals surface area (Å²) in [6, 6.07) is 1.12. The molecule has 3 nitrogen and oxygen atoms in total. The Bertz CT molecular complexity index is 367. The van der Waals surface area contributed by atoms with Gasteiger partial charge in [-0.25, -0.2) is 4.98 Å². The molecule has 94 valence electrons. The third-order valence-corrected chi connectivity index (χ3v) is 3.49. The number of aromatic nitrogens is 2. The summed E-state index contributed by atoms with van der Waals surface area (Å²) < 4.78 is 2.29. The molecule has 0 bridgehead atoms. The second-order valence-corrected chi connectivity index (χ2v) is 4.92. The molecule has 2 rings (SSSR count). The molecule has 0 radical (unpaired) electrons. The van der Waals surface area contributed by atoms with Crippen LogP contribution in [0.15, 0.2) is 24.7 Å². The molecular weight excluding hydrogens is 210 g/mol. The van der Waals surface area contributed by atoms with Gasteiger partial charge in [0.15, 0.2) is 0 Å². The lowest BCUT2D eigenvalue weighted by Crippen LogP contribution is -2.35. The summed E-state index contributed by atoms with van der Waals surface area (Å²) in [5, 5.41) is 3.67. The average Bonchev–Trinajstić information content (AvgIpc) is 2.78. The molecule has 1 saturated heterocycles. The van der Waals surface area contributed by atoms with E-state index in [4.69, 9.17) is 0 Å². The van der Waals surface area contributed by atoms with Crippen LogP contribution in [0.25, 0.3) is 0 Å². The Balaban J connectivity index is 2.02. The first-order chi connectivity index (χ1) is 8.31.